The van der Waals surface area contributed by atoms with Gasteiger partial charge in [0.25, 0.3) is 0 Å². The minimum absolute atomic E-state index is 0.244. The van der Waals surface area contributed by atoms with Gasteiger partial charge in [-0.1, -0.05) is 11.6 Å². The van der Waals surface area contributed by atoms with Crippen LogP contribution < -0.4 is 5.32 Å². The second-order valence-corrected chi connectivity index (χ2v) is 3.46. The van der Waals surface area contributed by atoms with Gasteiger partial charge in [-0.2, -0.15) is 13.2 Å². The predicted molar refractivity (Wildman–Crippen MR) is 49.7 cm³/mol. The molecule has 0 fully saturated rings. The van der Waals surface area contributed by atoms with Crippen LogP contribution in [0.5, 0.6) is 0 Å². The van der Waals surface area contributed by atoms with Gasteiger partial charge in [0.15, 0.2) is 0 Å². The lowest BCUT2D eigenvalue weighted by atomic mass is 10.0. The van der Waals surface area contributed by atoms with Crippen molar-refractivity contribution in [1.29, 1.82) is 0 Å². The molecule has 0 amide bonds. The van der Waals surface area contributed by atoms with Crippen LogP contribution in [0, 0.1) is 0 Å². The summed E-state index contributed by atoms with van der Waals surface area (Å²) in [5.41, 5.74) is -1.46. The van der Waals surface area contributed by atoms with Crippen molar-refractivity contribution in [1.82, 2.24) is 5.32 Å². The first-order valence-corrected chi connectivity index (χ1v) is 4.40. The lowest BCUT2D eigenvalue weighted by Gasteiger charge is -2.28. The van der Waals surface area contributed by atoms with Crippen molar-refractivity contribution >= 4 is 17.6 Å². The fraction of sp³-hybridized carbons (Fsp3) is 0.625. The summed E-state index contributed by atoms with van der Waals surface area (Å²) >= 11 is 5.24. The van der Waals surface area contributed by atoms with E-state index in [1.54, 1.807) is 0 Å². The fourth-order valence-corrected chi connectivity index (χ4v) is 0.729. The van der Waals surface area contributed by atoms with Gasteiger partial charge in [0.1, 0.15) is 0 Å². The molecule has 0 rings (SSSR count). The molecule has 7 heteroatoms. The van der Waals surface area contributed by atoms with Gasteiger partial charge < -0.3 is 5.11 Å². The van der Waals surface area contributed by atoms with E-state index < -0.39 is 17.7 Å². The zero-order valence-electron chi connectivity index (χ0n) is 8.15. The molecule has 3 nitrogen and oxygen atoms in total. The number of carboxylic acids is 1. The Morgan fingerprint density at radius 3 is 2.27 bits per heavy atom. The van der Waals surface area contributed by atoms with E-state index in [2.05, 4.69) is 0 Å². The number of rotatable bonds is 4. The molecule has 0 aliphatic carbocycles. The van der Waals surface area contributed by atoms with E-state index in [1.807, 2.05) is 5.32 Å². The lowest BCUT2D eigenvalue weighted by molar-refractivity contribution is -0.205. The van der Waals surface area contributed by atoms with Crippen molar-refractivity contribution in [3.05, 3.63) is 11.1 Å². The van der Waals surface area contributed by atoms with Crippen LogP contribution in [0.3, 0.4) is 0 Å². The van der Waals surface area contributed by atoms with E-state index in [0.29, 0.717) is 12.5 Å². The highest BCUT2D eigenvalue weighted by atomic mass is 35.5. The van der Waals surface area contributed by atoms with Crippen LogP contribution in [0.4, 0.5) is 13.2 Å². The minimum atomic E-state index is -4.87. The Bertz CT molecular complexity index is 278. The molecule has 0 aliphatic heterocycles. The van der Waals surface area contributed by atoms with E-state index in [9.17, 15) is 18.0 Å². The summed E-state index contributed by atoms with van der Waals surface area (Å²) in [6.07, 6.45) is -4.87. The van der Waals surface area contributed by atoms with E-state index >= 15 is 0 Å². The molecular weight excluding hydrogens is 235 g/mol. The molecule has 0 bridgehead atoms. The van der Waals surface area contributed by atoms with E-state index in [4.69, 9.17) is 16.7 Å². The van der Waals surface area contributed by atoms with Crippen LogP contribution in [-0.4, -0.2) is 29.3 Å². The van der Waals surface area contributed by atoms with Gasteiger partial charge in [0, 0.05) is 12.1 Å². The minimum Gasteiger partial charge on any atom is -0.480 e. The number of aliphatic carboxylic acids is 1. The molecule has 1 unspecified atom stereocenters. The highest BCUT2D eigenvalue weighted by molar-refractivity contribution is 6.25. The molecule has 1 atom stereocenters. The summed E-state index contributed by atoms with van der Waals surface area (Å²) in [4.78, 5) is 10.5. The maximum Gasteiger partial charge on any atom is 0.417 e. The third kappa shape index (κ3) is 3.39. The van der Waals surface area contributed by atoms with Crippen molar-refractivity contribution in [2.75, 3.05) is 6.54 Å². The standard InChI is InChI=1S/C8H11ClF3NO2/c1-5(3-9)4-13-7(2,6(14)15)8(10,11)12/h3,13H,4H2,1-2H3,(H,14,15). The first-order chi connectivity index (χ1) is 6.65. The molecule has 0 aromatic heterocycles. The first-order valence-electron chi connectivity index (χ1n) is 3.96. The van der Waals surface area contributed by atoms with Gasteiger partial charge in [-0.3, -0.25) is 5.32 Å². The van der Waals surface area contributed by atoms with Gasteiger partial charge in [-0.25, -0.2) is 4.79 Å². The maximum absolute atomic E-state index is 12.4. The number of hydrogen-bond donors (Lipinski definition) is 2. The summed E-state index contributed by atoms with van der Waals surface area (Å²) in [6, 6.07) is 0. The molecule has 0 saturated heterocycles. The molecular formula is C8H11ClF3NO2. The lowest BCUT2D eigenvalue weighted by Crippen LogP contribution is -2.60. The van der Waals surface area contributed by atoms with Gasteiger partial charge >= 0.3 is 12.1 Å². The number of halogens is 4. The monoisotopic (exact) mass is 245 g/mol. The number of carboxylic acid groups (broad SMARTS) is 1. The zero-order valence-corrected chi connectivity index (χ0v) is 8.91. The molecule has 0 radical (unpaired) electrons. The fourth-order valence-electron chi connectivity index (χ4n) is 0.652. The van der Waals surface area contributed by atoms with Crippen LogP contribution in [0.1, 0.15) is 13.8 Å². The van der Waals surface area contributed by atoms with Crippen molar-refractivity contribution in [2.24, 2.45) is 0 Å². The SMILES string of the molecule is CC(=CCl)CNC(C)(C(=O)O)C(F)(F)F. The van der Waals surface area contributed by atoms with E-state index in [0.717, 1.165) is 5.54 Å². The average Bonchev–Trinajstić information content (AvgIpc) is 2.11. The van der Waals surface area contributed by atoms with Crippen LogP contribution >= 0.6 is 11.6 Å². The van der Waals surface area contributed by atoms with Crippen LogP contribution in [0.25, 0.3) is 0 Å². The normalized spacial score (nSPS) is 17.3. The molecule has 0 saturated carbocycles. The molecule has 0 aromatic rings. The molecule has 0 heterocycles. The first kappa shape index (κ1) is 14.2. The highest BCUT2D eigenvalue weighted by Crippen LogP contribution is 2.30. The summed E-state index contributed by atoms with van der Waals surface area (Å²) in [5.74, 6) is -1.97. The van der Waals surface area contributed by atoms with Crippen LogP contribution in [-0.2, 0) is 4.79 Å². The molecule has 88 valence electrons. The summed E-state index contributed by atoms with van der Waals surface area (Å²) in [7, 11) is 0. The molecule has 0 spiro atoms. The molecule has 2 N–H and O–H groups in total. The van der Waals surface area contributed by atoms with Gasteiger partial charge in [-0.15, -0.1) is 0 Å². The highest BCUT2D eigenvalue weighted by Gasteiger charge is 2.57. The summed E-state index contributed by atoms with van der Waals surface area (Å²) in [6.45, 7) is 1.81. The van der Waals surface area contributed by atoms with Crippen LogP contribution in [0.2, 0.25) is 0 Å². The van der Waals surface area contributed by atoms with Crippen molar-refractivity contribution in [3.63, 3.8) is 0 Å². The second-order valence-electron chi connectivity index (χ2n) is 3.24. The third-order valence-corrected chi connectivity index (χ3v) is 2.27. The van der Waals surface area contributed by atoms with Crippen molar-refractivity contribution in [3.8, 4) is 0 Å². The van der Waals surface area contributed by atoms with E-state index in [1.165, 1.54) is 6.92 Å². The quantitative estimate of drug-likeness (QED) is 0.798. The number of nitrogens with one attached hydrogen (secondary N) is 1. The summed E-state index contributed by atoms with van der Waals surface area (Å²) in [5, 5.41) is 10.4. The Morgan fingerprint density at radius 1 is 1.53 bits per heavy atom. The topological polar surface area (TPSA) is 49.3 Å². The smallest absolute Gasteiger partial charge is 0.417 e. The number of hydrogen-bond acceptors (Lipinski definition) is 2. The van der Waals surface area contributed by atoms with Crippen molar-refractivity contribution < 1.29 is 23.1 Å². The average molecular weight is 246 g/mol. The number of carbonyl (C=O) groups is 1. The Morgan fingerprint density at radius 2 is 2.00 bits per heavy atom. The Balaban J connectivity index is 4.77. The molecule has 0 aliphatic rings. The molecule has 0 aromatic carbocycles. The predicted octanol–water partition coefficient (Wildman–Crippen LogP) is 2.12. The molecule has 15 heavy (non-hydrogen) atoms. The van der Waals surface area contributed by atoms with E-state index in [-0.39, 0.29) is 6.54 Å². The van der Waals surface area contributed by atoms with Gasteiger partial charge in [0.2, 0.25) is 5.54 Å². The Hall–Kier alpha value is -0.750. The third-order valence-electron chi connectivity index (χ3n) is 1.90. The van der Waals surface area contributed by atoms with Gasteiger partial charge in [-0.05, 0) is 19.4 Å². The zero-order chi connectivity index (χ0) is 12.3. The van der Waals surface area contributed by atoms with Crippen LogP contribution in [0.15, 0.2) is 11.1 Å². The second kappa shape index (κ2) is 4.85. The maximum atomic E-state index is 12.4. The Kier molecular flexibility index (Phi) is 4.61. The number of alkyl halides is 3. The summed E-state index contributed by atoms with van der Waals surface area (Å²) < 4.78 is 37.2. The van der Waals surface area contributed by atoms with Crippen molar-refractivity contribution in [2.45, 2.75) is 25.6 Å². The van der Waals surface area contributed by atoms with Gasteiger partial charge in [0.05, 0.1) is 0 Å². The largest absolute Gasteiger partial charge is 0.480 e. The Labute approximate surface area is 89.9 Å².